The normalized spacial score (nSPS) is 18.4. The molecule has 1 fully saturated rings. The predicted molar refractivity (Wildman–Crippen MR) is 113 cm³/mol. The van der Waals surface area contributed by atoms with Crippen molar-refractivity contribution < 1.29 is 0 Å². The summed E-state index contributed by atoms with van der Waals surface area (Å²) in [4.78, 5) is 2.57. The first-order chi connectivity index (χ1) is 13.1. The van der Waals surface area contributed by atoms with Gasteiger partial charge in [0.1, 0.15) is 0 Å². The van der Waals surface area contributed by atoms with Gasteiger partial charge in [0.15, 0.2) is 0 Å². The van der Waals surface area contributed by atoms with Gasteiger partial charge in [-0.25, -0.2) is 0 Å². The minimum Gasteiger partial charge on any atom is -0.399 e. The van der Waals surface area contributed by atoms with Gasteiger partial charge < -0.3 is 5.73 Å². The highest BCUT2D eigenvalue weighted by Crippen LogP contribution is 2.27. The second kappa shape index (κ2) is 7.73. The van der Waals surface area contributed by atoms with Crippen LogP contribution in [0.2, 0.25) is 0 Å². The summed E-state index contributed by atoms with van der Waals surface area (Å²) in [5, 5.41) is 5.81. The summed E-state index contributed by atoms with van der Waals surface area (Å²) in [6.45, 7) is 7.78. The predicted octanol–water partition coefficient (Wildman–Crippen LogP) is 4.65. The van der Waals surface area contributed by atoms with Gasteiger partial charge in [-0.15, -0.1) is 0 Å². The molecule has 4 nitrogen and oxygen atoms in total. The highest BCUT2D eigenvalue weighted by atomic mass is 15.3. The van der Waals surface area contributed by atoms with Crippen LogP contribution in [0.15, 0.2) is 48.7 Å². The molecule has 0 bridgehead atoms. The van der Waals surface area contributed by atoms with Crippen molar-refractivity contribution in [3.8, 4) is 0 Å². The number of hydrogen-bond donors (Lipinski definition) is 1. The van der Waals surface area contributed by atoms with E-state index in [9.17, 15) is 0 Å². The summed E-state index contributed by atoms with van der Waals surface area (Å²) in [5.74, 6) is 0.706. The van der Waals surface area contributed by atoms with Crippen molar-refractivity contribution in [2.45, 2.75) is 45.7 Å². The molecule has 0 radical (unpaired) electrons. The molecule has 1 aliphatic heterocycles. The molecule has 4 rings (SSSR count). The van der Waals surface area contributed by atoms with E-state index in [1.165, 1.54) is 29.5 Å². The first-order valence-electron chi connectivity index (χ1n) is 10.1. The van der Waals surface area contributed by atoms with Crippen LogP contribution in [0.3, 0.4) is 0 Å². The Labute approximate surface area is 162 Å². The maximum Gasteiger partial charge on any atom is 0.0687 e. The Bertz CT molecular complexity index is 894. The van der Waals surface area contributed by atoms with Crippen LogP contribution in [0.5, 0.6) is 0 Å². The molecular weight excluding hydrogens is 332 g/mol. The number of benzene rings is 2. The summed E-state index contributed by atoms with van der Waals surface area (Å²) >= 11 is 0. The van der Waals surface area contributed by atoms with Crippen molar-refractivity contribution in [2.75, 3.05) is 18.8 Å². The third kappa shape index (κ3) is 4.16. The molecule has 27 heavy (non-hydrogen) atoms. The Morgan fingerprint density at radius 3 is 2.67 bits per heavy atom. The molecule has 0 saturated carbocycles. The van der Waals surface area contributed by atoms with Crippen LogP contribution in [-0.4, -0.2) is 27.8 Å². The molecule has 1 aromatic heterocycles. The van der Waals surface area contributed by atoms with E-state index in [-0.39, 0.29) is 0 Å². The highest BCUT2D eigenvalue weighted by molar-refractivity contribution is 5.82. The van der Waals surface area contributed by atoms with Gasteiger partial charge in [-0.3, -0.25) is 9.58 Å². The van der Waals surface area contributed by atoms with Gasteiger partial charge in [0.25, 0.3) is 0 Å². The highest BCUT2D eigenvalue weighted by Gasteiger charge is 2.23. The van der Waals surface area contributed by atoms with Crippen LogP contribution in [-0.2, 0) is 13.0 Å². The third-order valence-electron chi connectivity index (χ3n) is 5.52. The van der Waals surface area contributed by atoms with Crippen molar-refractivity contribution in [1.82, 2.24) is 14.7 Å². The van der Waals surface area contributed by atoms with E-state index in [0.717, 1.165) is 37.1 Å². The summed E-state index contributed by atoms with van der Waals surface area (Å²) in [5.41, 5.74) is 10.7. The van der Waals surface area contributed by atoms with Gasteiger partial charge in [-0.1, -0.05) is 38.1 Å². The van der Waals surface area contributed by atoms with E-state index >= 15 is 0 Å². The van der Waals surface area contributed by atoms with Crippen LogP contribution < -0.4 is 5.73 Å². The lowest BCUT2D eigenvalue weighted by Gasteiger charge is -2.33. The standard InChI is InChI=1S/C23H30N4/c1-17(2)12-18-5-7-19(8-6-18)15-26-11-3-4-22(16-26)27-23-10-9-21(24)13-20(23)14-25-27/h5-10,13-14,17,22H,3-4,11-12,15-16,24H2,1-2H3. The van der Waals surface area contributed by atoms with Crippen molar-refractivity contribution >= 4 is 16.6 Å². The second-order valence-electron chi connectivity index (χ2n) is 8.35. The lowest BCUT2D eigenvalue weighted by molar-refractivity contribution is 0.165. The van der Waals surface area contributed by atoms with E-state index in [0.29, 0.717) is 12.0 Å². The number of aromatic nitrogens is 2. The quantitative estimate of drug-likeness (QED) is 0.672. The Balaban J connectivity index is 1.44. The van der Waals surface area contributed by atoms with E-state index < -0.39 is 0 Å². The molecule has 142 valence electrons. The minimum absolute atomic E-state index is 0.431. The van der Waals surface area contributed by atoms with Crippen molar-refractivity contribution in [3.63, 3.8) is 0 Å². The maximum atomic E-state index is 5.91. The van der Waals surface area contributed by atoms with Crippen LogP contribution in [0.25, 0.3) is 10.9 Å². The Kier molecular flexibility index (Phi) is 5.17. The monoisotopic (exact) mass is 362 g/mol. The molecule has 2 N–H and O–H groups in total. The van der Waals surface area contributed by atoms with E-state index in [1.807, 2.05) is 18.3 Å². The fourth-order valence-corrected chi connectivity index (χ4v) is 4.25. The van der Waals surface area contributed by atoms with Gasteiger partial charge in [0.2, 0.25) is 0 Å². The molecule has 0 aliphatic carbocycles. The van der Waals surface area contributed by atoms with Gasteiger partial charge in [0.05, 0.1) is 17.8 Å². The van der Waals surface area contributed by atoms with Crippen LogP contribution in [0.4, 0.5) is 5.69 Å². The van der Waals surface area contributed by atoms with Crippen molar-refractivity contribution in [2.24, 2.45) is 5.92 Å². The Morgan fingerprint density at radius 2 is 1.89 bits per heavy atom. The lowest BCUT2D eigenvalue weighted by Crippen LogP contribution is -2.36. The zero-order valence-electron chi connectivity index (χ0n) is 16.4. The molecule has 0 spiro atoms. The zero-order valence-corrected chi connectivity index (χ0v) is 16.4. The summed E-state index contributed by atoms with van der Waals surface area (Å²) in [6.07, 6.45) is 5.50. The third-order valence-corrected chi connectivity index (χ3v) is 5.52. The molecular formula is C23H30N4. The fourth-order valence-electron chi connectivity index (χ4n) is 4.25. The average molecular weight is 363 g/mol. The number of nitrogens with two attached hydrogens (primary N) is 1. The summed E-state index contributed by atoms with van der Waals surface area (Å²) in [6, 6.07) is 15.7. The largest absolute Gasteiger partial charge is 0.399 e. The number of likely N-dealkylation sites (tertiary alicyclic amines) is 1. The molecule has 4 heteroatoms. The van der Waals surface area contributed by atoms with E-state index in [1.54, 1.807) is 0 Å². The zero-order chi connectivity index (χ0) is 18.8. The summed E-state index contributed by atoms with van der Waals surface area (Å²) < 4.78 is 2.20. The number of nitrogen functional groups attached to an aromatic ring is 1. The fraction of sp³-hybridized carbons (Fsp3) is 0.435. The molecule has 1 atom stereocenters. The topological polar surface area (TPSA) is 47.1 Å². The first kappa shape index (κ1) is 18.1. The summed E-state index contributed by atoms with van der Waals surface area (Å²) in [7, 11) is 0. The van der Waals surface area contributed by atoms with Crippen LogP contribution in [0, 0.1) is 5.92 Å². The smallest absolute Gasteiger partial charge is 0.0687 e. The maximum absolute atomic E-state index is 5.91. The number of fused-ring (bicyclic) bond motifs is 1. The van der Waals surface area contributed by atoms with Gasteiger partial charge >= 0.3 is 0 Å². The molecule has 1 aliphatic rings. The van der Waals surface area contributed by atoms with E-state index in [2.05, 4.69) is 58.9 Å². The number of rotatable bonds is 5. The van der Waals surface area contributed by atoms with Gasteiger partial charge in [-0.2, -0.15) is 5.10 Å². The number of anilines is 1. The lowest BCUT2D eigenvalue weighted by atomic mass is 10.0. The number of nitrogens with zero attached hydrogens (tertiary/aromatic N) is 3. The Hall–Kier alpha value is -2.33. The number of piperidine rings is 1. The van der Waals surface area contributed by atoms with Crippen molar-refractivity contribution in [3.05, 3.63) is 59.8 Å². The molecule has 2 aromatic carbocycles. The molecule has 1 saturated heterocycles. The van der Waals surface area contributed by atoms with Gasteiger partial charge in [0, 0.05) is 24.2 Å². The molecule has 1 unspecified atom stereocenters. The van der Waals surface area contributed by atoms with Crippen molar-refractivity contribution in [1.29, 1.82) is 0 Å². The second-order valence-corrected chi connectivity index (χ2v) is 8.35. The Morgan fingerprint density at radius 1 is 1.11 bits per heavy atom. The van der Waals surface area contributed by atoms with Crippen LogP contribution >= 0.6 is 0 Å². The van der Waals surface area contributed by atoms with Gasteiger partial charge in [-0.05, 0) is 61.1 Å². The molecule has 2 heterocycles. The molecule has 3 aromatic rings. The average Bonchev–Trinajstić information content (AvgIpc) is 3.06. The van der Waals surface area contributed by atoms with E-state index in [4.69, 9.17) is 5.73 Å². The van der Waals surface area contributed by atoms with Crippen LogP contribution in [0.1, 0.15) is 43.9 Å². The molecule has 0 amide bonds. The minimum atomic E-state index is 0.431. The first-order valence-corrected chi connectivity index (χ1v) is 10.1. The SMILES string of the molecule is CC(C)Cc1ccc(CN2CCCC(n3ncc4cc(N)ccc43)C2)cc1. The number of hydrogen-bond acceptors (Lipinski definition) is 3.